The van der Waals surface area contributed by atoms with Gasteiger partial charge in [0.2, 0.25) is 5.91 Å². The molecule has 2 saturated heterocycles. The molecule has 3 fully saturated rings. The van der Waals surface area contributed by atoms with Crippen LogP contribution < -0.4 is 5.32 Å². The highest BCUT2D eigenvalue weighted by molar-refractivity contribution is 7.92. The van der Waals surface area contributed by atoms with E-state index in [1.54, 1.807) is 0 Å². The Morgan fingerprint density at radius 1 is 1.16 bits per heavy atom. The summed E-state index contributed by atoms with van der Waals surface area (Å²) in [6, 6.07) is 0.346. The summed E-state index contributed by atoms with van der Waals surface area (Å²) in [7, 11) is -2.89. The summed E-state index contributed by atoms with van der Waals surface area (Å²) in [6.45, 7) is 1.67. The van der Waals surface area contributed by atoms with Crippen molar-refractivity contribution in [3.05, 3.63) is 0 Å². The first-order valence-electron chi connectivity index (χ1n) is 7.28. The zero-order valence-electron chi connectivity index (χ0n) is 11.2. The van der Waals surface area contributed by atoms with Gasteiger partial charge in [0.1, 0.15) is 0 Å². The van der Waals surface area contributed by atoms with Crippen molar-refractivity contribution in [2.75, 3.05) is 25.4 Å². The first kappa shape index (κ1) is 13.4. The molecule has 3 aliphatic rings. The van der Waals surface area contributed by atoms with E-state index in [9.17, 15) is 13.2 Å². The topological polar surface area (TPSA) is 66.5 Å². The van der Waals surface area contributed by atoms with E-state index in [1.165, 1.54) is 12.8 Å². The molecule has 0 aromatic rings. The van der Waals surface area contributed by atoms with Gasteiger partial charge in [-0.3, -0.25) is 9.69 Å². The molecular formula is C13H22N2O3S. The molecule has 0 unspecified atom stereocenters. The monoisotopic (exact) mass is 286 g/mol. The van der Waals surface area contributed by atoms with Crippen LogP contribution in [0.5, 0.6) is 0 Å². The van der Waals surface area contributed by atoms with Gasteiger partial charge in [-0.05, 0) is 25.2 Å². The lowest BCUT2D eigenvalue weighted by molar-refractivity contribution is -0.122. The van der Waals surface area contributed by atoms with E-state index in [1.807, 2.05) is 4.90 Å². The molecule has 2 heterocycles. The molecule has 5 nitrogen and oxygen atoms in total. The van der Waals surface area contributed by atoms with Gasteiger partial charge in [0.15, 0.2) is 9.84 Å². The molecule has 1 N–H and O–H groups in total. The van der Waals surface area contributed by atoms with Crippen molar-refractivity contribution in [2.45, 2.75) is 43.4 Å². The van der Waals surface area contributed by atoms with Gasteiger partial charge in [-0.25, -0.2) is 8.42 Å². The highest BCUT2D eigenvalue weighted by Gasteiger charge is 2.46. The maximum absolute atomic E-state index is 11.9. The summed E-state index contributed by atoms with van der Waals surface area (Å²) in [5, 5.41) is 2.85. The summed E-state index contributed by atoms with van der Waals surface area (Å²) in [4.78, 5) is 13.9. The highest BCUT2D eigenvalue weighted by Crippen LogP contribution is 2.33. The van der Waals surface area contributed by atoms with Crippen LogP contribution in [0.2, 0.25) is 0 Å². The molecule has 2 aliphatic heterocycles. The van der Waals surface area contributed by atoms with Crippen LogP contribution in [0.4, 0.5) is 0 Å². The fourth-order valence-corrected chi connectivity index (χ4v) is 5.93. The molecule has 2 atom stereocenters. The van der Waals surface area contributed by atoms with Gasteiger partial charge in [0.05, 0.1) is 17.5 Å². The number of rotatable bonds is 3. The van der Waals surface area contributed by atoms with Crippen molar-refractivity contribution < 1.29 is 13.2 Å². The zero-order valence-corrected chi connectivity index (χ0v) is 12.0. The summed E-state index contributed by atoms with van der Waals surface area (Å²) >= 11 is 0. The zero-order chi connectivity index (χ0) is 13.5. The Morgan fingerprint density at radius 2 is 1.89 bits per heavy atom. The molecule has 0 bridgehead atoms. The van der Waals surface area contributed by atoms with Crippen molar-refractivity contribution in [1.82, 2.24) is 10.2 Å². The molecular weight excluding hydrogens is 264 g/mol. The van der Waals surface area contributed by atoms with Crippen LogP contribution in [0.25, 0.3) is 0 Å². The Hall–Kier alpha value is -0.620. The van der Waals surface area contributed by atoms with E-state index >= 15 is 0 Å². The van der Waals surface area contributed by atoms with Crippen LogP contribution in [0.15, 0.2) is 0 Å². The van der Waals surface area contributed by atoms with Crippen LogP contribution in [0.3, 0.4) is 0 Å². The number of carbonyl (C=O) groups excluding carboxylic acids is 1. The van der Waals surface area contributed by atoms with Gasteiger partial charge in [0.25, 0.3) is 0 Å². The minimum Gasteiger partial charge on any atom is -0.352 e. The van der Waals surface area contributed by atoms with Crippen LogP contribution in [-0.2, 0) is 14.6 Å². The standard InChI is InChI=1S/C13H22N2O3S/c16-13(14-11-3-1-2-4-11)9-15-7-10-5-6-19(17,18)12(10)8-15/h10-12H,1-9H2,(H,14,16)/t10-,12+/m1/s1. The number of hydrogen-bond donors (Lipinski definition) is 1. The second-order valence-corrected chi connectivity index (χ2v) is 8.54. The molecule has 3 rings (SSSR count). The number of nitrogens with zero attached hydrogens (tertiary/aromatic N) is 1. The summed E-state index contributed by atoms with van der Waals surface area (Å²) in [6.07, 6.45) is 5.36. The summed E-state index contributed by atoms with van der Waals surface area (Å²) in [5.74, 6) is 0.651. The Bertz CT molecular complexity index is 457. The van der Waals surface area contributed by atoms with Gasteiger partial charge in [-0.1, -0.05) is 12.8 Å². The normalized spacial score (nSPS) is 34.5. The van der Waals surface area contributed by atoms with Crippen molar-refractivity contribution in [2.24, 2.45) is 5.92 Å². The number of nitrogens with one attached hydrogen (secondary N) is 1. The summed E-state index contributed by atoms with van der Waals surface area (Å²) < 4.78 is 23.7. The van der Waals surface area contributed by atoms with E-state index in [0.29, 0.717) is 24.9 Å². The third-order valence-electron chi connectivity index (χ3n) is 4.78. The molecule has 0 radical (unpaired) electrons. The number of carbonyl (C=O) groups is 1. The predicted octanol–water partition coefficient (Wildman–Crippen LogP) is 0.164. The molecule has 0 aromatic carbocycles. The quantitative estimate of drug-likeness (QED) is 0.803. The summed E-state index contributed by atoms with van der Waals surface area (Å²) in [5.41, 5.74) is 0. The van der Waals surface area contributed by atoms with Gasteiger partial charge in [0, 0.05) is 19.1 Å². The smallest absolute Gasteiger partial charge is 0.234 e. The van der Waals surface area contributed by atoms with E-state index < -0.39 is 9.84 Å². The Labute approximate surface area is 114 Å². The SMILES string of the molecule is O=C(CN1C[C@H]2CCS(=O)(=O)[C@H]2C1)NC1CCCC1. The van der Waals surface area contributed by atoms with Crippen LogP contribution in [-0.4, -0.2) is 55.9 Å². The molecule has 6 heteroatoms. The van der Waals surface area contributed by atoms with E-state index in [0.717, 1.165) is 25.8 Å². The number of sulfone groups is 1. The Kier molecular flexibility index (Phi) is 3.55. The van der Waals surface area contributed by atoms with E-state index in [4.69, 9.17) is 0 Å². The molecule has 108 valence electrons. The Morgan fingerprint density at radius 3 is 2.58 bits per heavy atom. The third kappa shape index (κ3) is 2.79. The fraction of sp³-hybridized carbons (Fsp3) is 0.923. The molecule has 0 spiro atoms. The lowest BCUT2D eigenvalue weighted by atomic mass is 10.1. The molecule has 19 heavy (non-hydrogen) atoms. The van der Waals surface area contributed by atoms with Crippen molar-refractivity contribution in [1.29, 1.82) is 0 Å². The third-order valence-corrected chi connectivity index (χ3v) is 7.04. The van der Waals surface area contributed by atoms with Crippen LogP contribution in [0, 0.1) is 5.92 Å². The van der Waals surface area contributed by atoms with Crippen molar-refractivity contribution in [3.8, 4) is 0 Å². The van der Waals surface area contributed by atoms with E-state index in [-0.39, 0.29) is 17.1 Å². The lowest BCUT2D eigenvalue weighted by Crippen LogP contribution is -2.41. The first-order chi connectivity index (χ1) is 9.04. The average Bonchev–Trinajstić information content (AvgIpc) is 3.00. The van der Waals surface area contributed by atoms with Gasteiger partial charge in [-0.2, -0.15) is 0 Å². The second-order valence-electron chi connectivity index (χ2n) is 6.20. The number of fused-ring (bicyclic) bond motifs is 1. The largest absolute Gasteiger partial charge is 0.352 e. The molecule has 0 aromatic heterocycles. The minimum atomic E-state index is -2.89. The predicted molar refractivity (Wildman–Crippen MR) is 72.5 cm³/mol. The maximum atomic E-state index is 11.9. The molecule has 1 aliphatic carbocycles. The van der Waals surface area contributed by atoms with Gasteiger partial charge < -0.3 is 5.32 Å². The number of likely N-dealkylation sites (tertiary alicyclic amines) is 1. The molecule has 1 amide bonds. The minimum absolute atomic E-state index is 0.0595. The van der Waals surface area contributed by atoms with Crippen LogP contribution >= 0.6 is 0 Å². The maximum Gasteiger partial charge on any atom is 0.234 e. The van der Waals surface area contributed by atoms with Crippen molar-refractivity contribution >= 4 is 15.7 Å². The van der Waals surface area contributed by atoms with Gasteiger partial charge >= 0.3 is 0 Å². The number of amides is 1. The number of hydrogen-bond acceptors (Lipinski definition) is 4. The first-order valence-corrected chi connectivity index (χ1v) is 8.99. The average molecular weight is 286 g/mol. The fourth-order valence-electron chi connectivity index (χ4n) is 3.75. The lowest BCUT2D eigenvalue weighted by Gasteiger charge is -2.18. The molecule has 1 saturated carbocycles. The van der Waals surface area contributed by atoms with Crippen LogP contribution in [0.1, 0.15) is 32.1 Å². The second kappa shape index (κ2) is 5.05. The van der Waals surface area contributed by atoms with E-state index in [2.05, 4.69) is 5.32 Å². The Balaban J connectivity index is 1.50. The van der Waals surface area contributed by atoms with Crippen molar-refractivity contribution in [3.63, 3.8) is 0 Å². The van der Waals surface area contributed by atoms with Gasteiger partial charge in [-0.15, -0.1) is 0 Å². The highest BCUT2D eigenvalue weighted by atomic mass is 32.2.